The van der Waals surface area contributed by atoms with Gasteiger partial charge in [0.2, 0.25) is 0 Å². The van der Waals surface area contributed by atoms with Gasteiger partial charge in [-0.05, 0) is 37.9 Å². The smallest absolute Gasteiger partial charge is 0.126 e. The van der Waals surface area contributed by atoms with E-state index in [4.69, 9.17) is 4.74 Å². The molecular weight excluding hydrogens is 243 g/mol. The number of nitriles is 1. The predicted molar refractivity (Wildman–Crippen MR) is 71.4 cm³/mol. The van der Waals surface area contributed by atoms with E-state index in [0.717, 1.165) is 24.9 Å². The second kappa shape index (κ2) is 5.58. The molecule has 0 heterocycles. The van der Waals surface area contributed by atoms with Gasteiger partial charge in [0.25, 0.3) is 0 Å². The Hall–Kier alpha value is -1.60. The molecule has 1 fully saturated rings. The number of halogens is 1. The van der Waals surface area contributed by atoms with Crippen molar-refractivity contribution < 1.29 is 9.13 Å². The Morgan fingerprint density at radius 2 is 2.37 bits per heavy atom. The van der Waals surface area contributed by atoms with Gasteiger partial charge in [-0.15, -0.1) is 0 Å². The molecule has 1 aliphatic rings. The van der Waals surface area contributed by atoms with Gasteiger partial charge in [0.15, 0.2) is 0 Å². The standard InChI is InChI=1S/C15H19FN2O/c1-3-18-15(10-17)7-6-13(9-15)19-14-8-12(16)5-4-11(14)2/h4-5,8,13,18H,3,6-7,9H2,1-2H3. The lowest BCUT2D eigenvalue weighted by Crippen LogP contribution is -2.42. The van der Waals surface area contributed by atoms with Gasteiger partial charge in [0, 0.05) is 12.5 Å². The maximum atomic E-state index is 13.2. The largest absolute Gasteiger partial charge is 0.490 e. The fourth-order valence-electron chi connectivity index (χ4n) is 2.62. The minimum absolute atomic E-state index is 0.0285. The fourth-order valence-corrected chi connectivity index (χ4v) is 2.62. The molecule has 0 bridgehead atoms. The maximum absolute atomic E-state index is 13.2. The molecule has 0 amide bonds. The van der Waals surface area contributed by atoms with Gasteiger partial charge in [-0.1, -0.05) is 13.0 Å². The average Bonchev–Trinajstić information content (AvgIpc) is 2.78. The Labute approximate surface area is 113 Å². The van der Waals surface area contributed by atoms with Gasteiger partial charge < -0.3 is 4.74 Å². The summed E-state index contributed by atoms with van der Waals surface area (Å²) in [6.07, 6.45) is 2.21. The second-order valence-corrected chi connectivity index (χ2v) is 5.12. The molecule has 1 aromatic rings. The van der Waals surface area contributed by atoms with Crippen molar-refractivity contribution in [2.75, 3.05) is 6.54 Å². The number of nitrogens with zero attached hydrogens (tertiary/aromatic N) is 1. The normalized spacial score (nSPS) is 26.1. The highest BCUT2D eigenvalue weighted by Gasteiger charge is 2.40. The Morgan fingerprint density at radius 3 is 3.05 bits per heavy atom. The Bertz CT molecular complexity index is 497. The summed E-state index contributed by atoms with van der Waals surface area (Å²) < 4.78 is 19.1. The van der Waals surface area contributed by atoms with Crippen molar-refractivity contribution in [3.05, 3.63) is 29.6 Å². The minimum atomic E-state index is -0.485. The number of rotatable bonds is 4. The summed E-state index contributed by atoms with van der Waals surface area (Å²) >= 11 is 0. The van der Waals surface area contributed by atoms with Gasteiger partial charge in [-0.3, -0.25) is 5.32 Å². The summed E-state index contributed by atoms with van der Waals surface area (Å²) in [5, 5.41) is 12.5. The number of hydrogen-bond donors (Lipinski definition) is 1. The summed E-state index contributed by atoms with van der Waals surface area (Å²) in [6, 6.07) is 6.90. The van der Waals surface area contributed by atoms with E-state index in [2.05, 4.69) is 11.4 Å². The van der Waals surface area contributed by atoms with E-state index >= 15 is 0 Å². The van der Waals surface area contributed by atoms with Crippen LogP contribution >= 0.6 is 0 Å². The topological polar surface area (TPSA) is 45.0 Å². The first kappa shape index (κ1) is 13.8. The monoisotopic (exact) mass is 262 g/mol. The number of nitrogens with one attached hydrogen (secondary N) is 1. The predicted octanol–water partition coefficient (Wildman–Crippen LogP) is 2.94. The first-order chi connectivity index (χ1) is 9.08. The molecule has 19 heavy (non-hydrogen) atoms. The molecular formula is C15H19FN2O. The van der Waals surface area contributed by atoms with Crippen LogP contribution in [0.3, 0.4) is 0 Å². The van der Waals surface area contributed by atoms with Crippen LogP contribution in [0.1, 0.15) is 31.7 Å². The van der Waals surface area contributed by atoms with Crippen LogP contribution < -0.4 is 10.1 Å². The number of benzene rings is 1. The van der Waals surface area contributed by atoms with E-state index in [9.17, 15) is 9.65 Å². The highest BCUT2D eigenvalue weighted by molar-refractivity contribution is 5.33. The summed E-state index contributed by atoms with van der Waals surface area (Å²) in [4.78, 5) is 0. The van der Waals surface area contributed by atoms with Crippen LogP contribution in [0.4, 0.5) is 4.39 Å². The van der Waals surface area contributed by atoms with Gasteiger partial charge in [-0.2, -0.15) is 5.26 Å². The van der Waals surface area contributed by atoms with Crippen molar-refractivity contribution in [3.63, 3.8) is 0 Å². The second-order valence-electron chi connectivity index (χ2n) is 5.12. The van der Waals surface area contributed by atoms with Crippen molar-refractivity contribution in [1.29, 1.82) is 5.26 Å². The number of aryl methyl sites for hydroxylation is 1. The van der Waals surface area contributed by atoms with E-state index in [1.165, 1.54) is 12.1 Å². The molecule has 1 aliphatic carbocycles. The van der Waals surface area contributed by atoms with Crippen LogP contribution in [0, 0.1) is 24.1 Å². The lowest BCUT2D eigenvalue weighted by atomic mass is 10.00. The molecule has 0 saturated heterocycles. The van der Waals surface area contributed by atoms with Gasteiger partial charge in [0.1, 0.15) is 23.2 Å². The summed E-state index contributed by atoms with van der Waals surface area (Å²) in [5.41, 5.74) is 0.431. The highest BCUT2D eigenvalue weighted by atomic mass is 19.1. The van der Waals surface area contributed by atoms with E-state index in [-0.39, 0.29) is 11.9 Å². The SMILES string of the molecule is CCNC1(C#N)CCC(Oc2cc(F)ccc2C)C1. The van der Waals surface area contributed by atoms with Crippen LogP contribution in [0.15, 0.2) is 18.2 Å². The quantitative estimate of drug-likeness (QED) is 0.907. The molecule has 0 radical (unpaired) electrons. The Balaban J connectivity index is 2.06. The molecule has 2 rings (SSSR count). The maximum Gasteiger partial charge on any atom is 0.126 e. The lowest BCUT2D eigenvalue weighted by molar-refractivity contribution is 0.199. The number of ether oxygens (including phenoxy) is 1. The Morgan fingerprint density at radius 1 is 1.58 bits per heavy atom. The van der Waals surface area contributed by atoms with Crippen LogP contribution in [0.2, 0.25) is 0 Å². The molecule has 0 aliphatic heterocycles. The van der Waals surface area contributed by atoms with Crippen molar-refractivity contribution in [1.82, 2.24) is 5.32 Å². The molecule has 3 nitrogen and oxygen atoms in total. The van der Waals surface area contributed by atoms with Crippen molar-refractivity contribution in [3.8, 4) is 11.8 Å². The van der Waals surface area contributed by atoms with E-state index in [0.29, 0.717) is 12.2 Å². The van der Waals surface area contributed by atoms with Crippen molar-refractivity contribution in [2.45, 2.75) is 44.8 Å². The van der Waals surface area contributed by atoms with Crippen LogP contribution in [0.25, 0.3) is 0 Å². The van der Waals surface area contributed by atoms with Crippen LogP contribution in [-0.4, -0.2) is 18.2 Å². The summed E-state index contributed by atoms with van der Waals surface area (Å²) in [7, 11) is 0. The first-order valence-electron chi connectivity index (χ1n) is 6.67. The third-order valence-electron chi connectivity index (χ3n) is 3.64. The van der Waals surface area contributed by atoms with Gasteiger partial charge in [-0.25, -0.2) is 4.39 Å². The molecule has 1 aromatic carbocycles. The van der Waals surface area contributed by atoms with E-state index < -0.39 is 5.54 Å². The Kier molecular flexibility index (Phi) is 4.06. The zero-order valence-electron chi connectivity index (χ0n) is 11.4. The molecule has 0 spiro atoms. The van der Waals surface area contributed by atoms with Crippen LogP contribution in [0.5, 0.6) is 5.75 Å². The lowest BCUT2D eigenvalue weighted by Gasteiger charge is -2.22. The zero-order chi connectivity index (χ0) is 13.9. The fraction of sp³-hybridized carbons (Fsp3) is 0.533. The van der Waals surface area contributed by atoms with E-state index in [1.54, 1.807) is 6.07 Å². The van der Waals surface area contributed by atoms with Crippen molar-refractivity contribution >= 4 is 0 Å². The summed E-state index contributed by atoms with van der Waals surface area (Å²) in [5.74, 6) is 0.284. The molecule has 2 unspecified atom stereocenters. The highest BCUT2D eigenvalue weighted by Crippen LogP contribution is 2.33. The molecule has 2 atom stereocenters. The van der Waals surface area contributed by atoms with Gasteiger partial charge in [0.05, 0.1) is 6.07 Å². The third-order valence-corrected chi connectivity index (χ3v) is 3.64. The van der Waals surface area contributed by atoms with Crippen molar-refractivity contribution in [2.24, 2.45) is 0 Å². The van der Waals surface area contributed by atoms with Crippen LogP contribution in [-0.2, 0) is 0 Å². The summed E-state index contributed by atoms with van der Waals surface area (Å²) in [6.45, 7) is 4.65. The zero-order valence-corrected chi connectivity index (χ0v) is 11.4. The average molecular weight is 262 g/mol. The van der Waals surface area contributed by atoms with E-state index in [1.807, 2.05) is 13.8 Å². The third kappa shape index (κ3) is 3.05. The first-order valence-corrected chi connectivity index (χ1v) is 6.67. The molecule has 0 aromatic heterocycles. The molecule has 4 heteroatoms. The number of hydrogen-bond acceptors (Lipinski definition) is 3. The molecule has 1 N–H and O–H groups in total. The minimum Gasteiger partial charge on any atom is -0.490 e. The molecule has 1 saturated carbocycles. The molecule has 102 valence electrons. The van der Waals surface area contributed by atoms with Gasteiger partial charge >= 0.3 is 0 Å².